The Morgan fingerprint density at radius 1 is 1.44 bits per heavy atom. The SMILES string of the molecule is C/C=C(/C)[C@@H](CC(=O)N1C(=S)SC[C@@H]1C(C)C)O[Si](C)(C)C(C)(C)C. The number of hydrogen-bond acceptors (Lipinski definition) is 4. The molecule has 0 aromatic rings. The highest BCUT2D eigenvalue weighted by Gasteiger charge is 2.41. The fourth-order valence-electron chi connectivity index (χ4n) is 2.48. The van der Waals surface area contributed by atoms with E-state index in [1.54, 1.807) is 11.8 Å². The number of amides is 1. The largest absolute Gasteiger partial charge is 0.410 e. The van der Waals surface area contributed by atoms with Gasteiger partial charge in [0.25, 0.3) is 0 Å². The number of thiocarbonyl (C=S) groups is 1. The summed E-state index contributed by atoms with van der Waals surface area (Å²) in [6.45, 7) is 19.5. The van der Waals surface area contributed by atoms with Gasteiger partial charge in [0.2, 0.25) is 5.91 Å². The second-order valence-electron chi connectivity index (χ2n) is 8.76. The molecule has 0 spiro atoms. The molecular weight excluding hydrogens is 366 g/mol. The van der Waals surface area contributed by atoms with E-state index >= 15 is 0 Å². The van der Waals surface area contributed by atoms with Gasteiger partial charge < -0.3 is 4.43 Å². The molecule has 0 aliphatic carbocycles. The zero-order chi connectivity index (χ0) is 19.6. The van der Waals surface area contributed by atoms with Gasteiger partial charge in [-0.2, -0.15) is 0 Å². The van der Waals surface area contributed by atoms with E-state index in [9.17, 15) is 4.79 Å². The second-order valence-corrected chi connectivity index (χ2v) is 15.2. The Hall–Kier alpha value is -0.173. The number of carbonyl (C=O) groups is 1. The van der Waals surface area contributed by atoms with Gasteiger partial charge in [-0.1, -0.05) is 64.7 Å². The third-order valence-electron chi connectivity index (χ3n) is 5.51. The van der Waals surface area contributed by atoms with E-state index in [1.807, 2.05) is 11.8 Å². The van der Waals surface area contributed by atoms with E-state index in [0.29, 0.717) is 16.7 Å². The van der Waals surface area contributed by atoms with Gasteiger partial charge in [0.05, 0.1) is 12.5 Å². The van der Waals surface area contributed by atoms with E-state index < -0.39 is 8.32 Å². The van der Waals surface area contributed by atoms with Gasteiger partial charge in [0, 0.05) is 11.8 Å². The molecule has 1 saturated heterocycles. The first-order chi connectivity index (χ1) is 11.3. The molecule has 1 aliphatic rings. The van der Waals surface area contributed by atoms with Gasteiger partial charge >= 0.3 is 0 Å². The zero-order valence-corrected chi connectivity index (χ0v) is 19.9. The summed E-state index contributed by atoms with van der Waals surface area (Å²) in [6.07, 6.45) is 2.26. The molecule has 0 unspecified atom stereocenters. The average molecular weight is 402 g/mol. The summed E-state index contributed by atoms with van der Waals surface area (Å²) in [5, 5.41) is 0.113. The molecule has 3 nitrogen and oxygen atoms in total. The topological polar surface area (TPSA) is 29.5 Å². The fraction of sp³-hybridized carbons (Fsp3) is 0.789. The molecule has 0 N–H and O–H groups in total. The third kappa shape index (κ3) is 5.65. The van der Waals surface area contributed by atoms with Crippen LogP contribution in [0.1, 0.15) is 54.9 Å². The van der Waals surface area contributed by atoms with Crippen LogP contribution < -0.4 is 0 Å². The Balaban J connectivity index is 2.99. The highest BCUT2D eigenvalue weighted by atomic mass is 32.2. The van der Waals surface area contributed by atoms with Crippen LogP contribution in [0, 0.1) is 5.92 Å². The molecule has 1 fully saturated rings. The molecule has 0 bridgehead atoms. The zero-order valence-electron chi connectivity index (χ0n) is 17.3. The Kier molecular flexibility index (Phi) is 7.94. The maximum atomic E-state index is 13.1. The van der Waals surface area contributed by atoms with Gasteiger partial charge in [0.15, 0.2) is 8.32 Å². The van der Waals surface area contributed by atoms with Crippen molar-refractivity contribution in [3.63, 3.8) is 0 Å². The predicted molar refractivity (Wildman–Crippen MR) is 117 cm³/mol. The van der Waals surface area contributed by atoms with Crippen LogP contribution in [-0.2, 0) is 9.22 Å². The molecule has 0 saturated carbocycles. The summed E-state index contributed by atoms with van der Waals surface area (Å²) in [5.41, 5.74) is 1.12. The molecule has 1 rings (SSSR count). The standard InChI is InChI=1S/C19H35NO2S2Si/c1-10-14(4)16(22-25(8,9)19(5,6)7)11-17(21)20-15(13(2)3)12-24-18(20)23/h10,13,15-16H,11-12H2,1-9H3/b14-10-/t15-,16-/m1/s1. The Morgan fingerprint density at radius 2 is 2.00 bits per heavy atom. The van der Waals surface area contributed by atoms with Crippen molar-refractivity contribution in [2.75, 3.05) is 5.75 Å². The first-order valence-corrected chi connectivity index (χ1v) is 13.4. The third-order valence-corrected chi connectivity index (χ3v) is 11.5. The Labute approximate surface area is 165 Å². The molecule has 2 atom stereocenters. The summed E-state index contributed by atoms with van der Waals surface area (Å²) < 4.78 is 7.30. The minimum absolute atomic E-state index is 0.0959. The molecule has 144 valence electrons. The number of allylic oxidation sites excluding steroid dienone is 1. The fourth-order valence-corrected chi connectivity index (χ4v) is 5.48. The van der Waals surface area contributed by atoms with Crippen LogP contribution in [0.4, 0.5) is 0 Å². The van der Waals surface area contributed by atoms with Crippen LogP contribution in [0.25, 0.3) is 0 Å². The van der Waals surface area contributed by atoms with Gasteiger partial charge in [-0.05, 0) is 43.5 Å². The molecule has 1 amide bonds. The lowest BCUT2D eigenvalue weighted by Crippen LogP contribution is -2.47. The average Bonchev–Trinajstić information content (AvgIpc) is 2.86. The van der Waals surface area contributed by atoms with Crippen LogP contribution in [0.2, 0.25) is 18.1 Å². The van der Waals surface area contributed by atoms with Crippen molar-refractivity contribution in [2.24, 2.45) is 5.92 Å². The summed E-state index contributed by atoms with van der Waals surface area (Å²) in [5.74, 6) is 1.40. The monoisotopic (exact) mass is 401 g/mol. The molecule has 1 aliphatic heterocycles. The lowest BCUT2D eigenvalue weighted by atomic mass is 10.0. The van der Waals surface area contributed by atoms with Crippen LogP contribution in [0.3, 0.4) is 0 Å². The van der Waals surface area contributed by atoms with Gasteiger partial charge in [-0.15, -0.1) is 0 Å². The van der Waals surface area contributed by atoms with E-state index in [4.69, 9.17) is 16.6 Å². The minimum atomic E-state index is -1.96. The minimum Gasteiger partial charge on any atom is -0.410 e. The van der Waals surface area contributed by atoms with E-state index in [0.717, 1.165) is 11.3 Å². The van der Waals surface area contributed by atoms with Gasteiger partial charge in [-0.25, -0.2) is 0 Å². The molecule has 0 radical (unpaired) electrons. The van der Waals surface area contributed by atoms with Crippen LogP contribution in [-0.4, -0.2) is 41.3 Å². The normalized spacial score (nSPS) is 21.2. The van der Waals surface area contributed by atoms with Crippen LogP contribution >= 0.6 is 24.0 Å². The second kappa shape index (κ2) is 8.68. The van der Waals surface area contributed by atoms with Crippen molar-refractivity contribution in [1.29, 1.82) is 0 Å². The Morgan fingerprint density at radius 3 is 2.44 bits per heavy atom. The maximum Gasteiger partial charge on any atom is 0.231 e. The molecule has 6 heteroatoms. The van der Waals surface area contributed by atoms with E-state index in [2.05, 4.69) is 60.7 Å². The number of hydrogen-bond donors (Lipinski definition) is 0. The van der Waals surface area contributed by atoms with E-state index in [-0.39, 0.29) is 23.1 Å². The summed E-state index contributed by atoms with van der Waals surface area (Å²) in [7, 11) is -1.96. The van der Waals surface area contributed by atoms with Crippen molar-refractivity contribution >= 4 is 42.5 Å². The predicted octanol–water partition coefficient (Wildman–Crippen LogP) is 5.62. The van der Waals surface area contributed by atoms with Gasteiger partial charge in [0.1, 0.15) is 4.32 Å². The van der Waals surface area contributed by atoms with Crippen molar-refractivity contribution in [1.82, 2.24) is 4.90 Å². The van der Waals surface area contributed by atoms with Crippen molar-refractivity contribution < 1.29 is 9.22 Å². The number of nitrogens with zero attached hydrogens (tertiary/aromatic N) is 1. The van der Waals surface area contributed by atoms with Crippen molar-refractivity contribution in [3.8, 4) is 0 Å². The highest BCUT2D eigenvalue weighted by molar-refractivity contribution is 8.23. The Bertz CT molecular complexity index is 538. The number of rotatable bonds is 6. The number of carbonyl (C=O) groups excluding carboxylic acids is 1. The van der Waals surface area contributed by atoms with Crippen molar-refractivity contribution in [2.45, 2.75) is 85.2 Å². The molecule has 1 heterocycles. The quantitative estimate of drug-likeness (QED) is 0.328. The first-order valence-electron chi connectivity index (χ1n) is 9.11. The summed E-state index contributed by atoms with van der Waals surface area (Å²) in [6, 6.07) is 0.199. The van der Waals surface area contributed by atoms with Gasteiger partial charge in [-0.3, -0.25) is 9.69 Å². The molecular formula is C19H35NO2S2Si. The first kappa shape index (κ1) is 22.9. The smallest absolute Gasteiger partial charge is 0.231 e. The van der Waals surface area contributed by atoms with Crippen molar-refractivity contribution in [3.05, 3.63) is 11.6 Å². The lowest BCUT2D eigenvalue weighted by Gasteiger charge is -2.40. The number of thioether (sulfide) groups is 1. The lowest BCUT2D eigenvalue weighted by molar-refractivity contribution is -0.130. The highest BCUT2D eigenvalue weighted by Crippen LogP contribution is 2.39. The molecule has 25 heavy (non-hydrogen) atoms. The van der Waals surface area contributed by atoms with E-state index in [1.165, 1.54) is 0 Å². The summed E-state index contributed by atoms with van der Waals surface area (Å²) in [4.78, 5) is 14.9. The van der Waals surface area contributed by atoms with Crippen LogP contribution in [0.5, 0.6) is 0 Å². The molecule has 0 aromatic heterocycles. The summed E-state index contributed by atoms with van der Waals surface area (Å²) >= 11 is 7.07. The molecule has 0 aromatic carbocycles. The maximum absolute atomic E-state index is 13.1. The van der Waals surface area contributed by atoms with Crippen LogP contribution in [0.15, 0.2) is 11.6 Å².